The van der Waals surface area contributed by atoms with Crippen LogP contribution in [0, 0.1) is 6.92 Å². The summed E-state index contributed by atoms with van der Waals surface area (Å²) in [7, 11) is 0. The van der Waals surface area contributed by atoms with Crippen molar-refractivity contribution in [1.29, 1.82) is 0 Å². The standard InChI is InChI=1S/C11H21N5O.HI/c1-6-12-10(15-11(3,4)5)13-7-9-14-8(2)17-16-9;/h6-7H2,1-5H3,(H2,12,13,15);1H. The number of nitrogens with zero attached hydrogens (tertiary/aromatic N) is 3. The van der Waals surface area contributed by atoms with E-state index in [-0.39, 0.29) is 29.5 Å². The topological polar surface area (TPSA) is 75.3 Å². The highest BCUT2D eigenvalue weighted by Gasteiger charge is 2.11. The number of guanidine groups is 1. The number of aromatic nitrogens is 2. The average molecular weight is 367 g/mol. The van der Waals surface area contributed by atoms with Crippen molar-refractivity contribution >= 4 is 29.9 Å². The Balaban J connectivity index is 0.00000289. The lowest BCUT2D eigenvalue weighted by Gasteiger charge is -2.23. The molecule has 1 aromatic heterocycles. The smallest absolute Gasteiger partial charge is 0.223 e. The van der Waals surface area contributed by atoms with Crippen molar-refractivity contribution in [1.82, 2.24) is 20.8 Å². The zero-order valence-electron chi connectivity index (χ0n) is 11.6. The summed E-state index contributed by atoms with van der Waals surface area (Å²) in [6, 6.07) is 0. The van der Waals surface area contributed by atoms with Crippen molar-refractivity contribution in [2.75, 3.05) is 6.54 Å². The molecule has 0 radical (unpaired) electrons. The fourth-order valence-corrected chi connectivity index (χ4v) is 1.22. The molecule has 2 N–H and O–H groups in total. The molecular weight excluding hydrogens is 345 g/mol. The lowest BCUT2D eigenvalue weighted by atomic mass is 10.1. The zero-order valence-corrected chi connectivity index (χ0v) is 13.9. The number of hydrogen-bond donors (Lipinski definition) is 2. The molecule has 18 heavy (non-hydrogen) atoms. The van der Waals surface area contributed by atoms with E-state index in [1.807, 2.05) is 6.92 Å². The van der Waals surface area contributed by atoms with Gasteiger partial charge in [0.2, 0.25) is 5.89 Å². The molecule has 1 aromatic rings. The molecule has 0 bridgehead atoms. The summed E-state index contributed by atoms with van der Waals surface area (Å²) in [5.41, 5.74) is -0.0336. The molecule has 0 aliphatic rings. The fourth-order valence-electron chi connectivity index (χ4n) is 1.22. The van der Waals surface area contributed by atoms with Crippen LogP contribution >= 0.6 is 24.0 Å². The molecule has 0 saturated carbocycles. The van der Waals surface area contributed by atoms with Crippen LogP contribution in [0.2, 0.25) is 0 Å². The third kappa shape index (κ3) is 6.77. The van der Waals surface area contributed by atoms with Crippen molar-refractivity contribution in [3.63, 3.8) is 0 Å². The van der Waals surface area contributed by atoms with Gasteiger partial charge in [-0.25, -0.2) is 4.99 Å². The summed E-state index contributed by atoms with van der Waals surface area (Å²) in [6.07, 6.45) is 0. The molecule has 7 heteroatoms. The number of aliphatic imine (C=N–C) groups is 1. The van der Waals surface area contributed by atoms with Crippen LogP contribution in [-0.4, -0.2) is 28.2 Å². The van der Waals surface area contributed by atoms with Crippen LogP contribution in [-0.2, 0) is 6.54 Å². The third-order valence-electron chi connectivity index (χ3n) is 1.79. The second-order valence-electron chi connectivity index (χ2n) is 4.80. The average Bonchev–Trinajstić information content (AvgIpc) is 2.59. The highest BCUT2D eigenvalue weighted by molar-refractivity contribution is 14.0. The van der Waals surface area contributed by atoms with Crippen molar-refractivity contribution in [2.24, 2.45) is 4.99 Å². The summed E-state index contributed by atoms with van der Waals surface area (Å²) in [4.78, 5) is 8.49. The molecule has 0 atom stereocenters. The Kier molecular flexibility index (Phi) is 7.19. The predicted octanol–water partition coefficient (Wildman–Crippen LogP) is 1.85. The Morgan fingerprint density at radius 2 is 2.06 bits per heavy atom. The number of hydrogen-bond acceptors (Lipinski definition) is 4. The number of aryl methyl sites for hydroxylation is 1. The lowest BCUT2D eigenvalue weighted by Crippen LogP contribution is -2.47. The molecule has 104 valence electrons. The molecule has 1 rings (SSSR count). The maximum Gasteiger partial charge on any atom is 0.223 e. The van der Waals surface area contributed by atoms with E-state index in [1.54, 1.807) is 6.92 Å². The number of halogens is 1. The van der Waals surface area contributed by atoms with E-state index in [9.17, 15) is 0 Å². The second kappa shape index (κ2) is 7.55. The van der Waals surface area contributed by atoms with Gasteiger partial charge in [0, 0.05) is 19.0 Å². The van der Waals surface area contributed by atoms with Gasteiger partial charge in [-0.15, -0.1) is 24.0 Å². The normalized spacial score (nSPS) is 11.9. The summed E-state index contributed by atoms with van der Waals surface area (Å²) < 4.78 is 4.89. The molecule has 1 heterocycles. The zero-order chi connectivity index (χ0) is 12.9. The Labute approximate surface area is 125 Å². The van der Waals surface area contributed by atoms with Crippen molar-refractivity contribution < 1.29 is 4.52 Å². The van der Waals surface area contributed by atoms with Crippen molar-refractivity contribution in [2.45, 2.75) is 46.7 Å². The lowest BCUT2D eigenvalue weighted by molar-refractivity contribution is 0.387. The van der Waals surface area contributed by atoms with Gasteiger partial charge >= 0.3 is 0 Å². The Morgan fingerprint density at radius 1 is 1.39 bits per heavy atom. The van der Waals surface area contributed by atoms with Gasteiger partial charge in [0.15, 0.2) is 11.8 Å². The highest BCUT2D eigenvalue weighted by atomic mass is 127. The number of nitrogens with one attached hydrogen (secondary N) is 2. The van der Waals surface area contributed by atoms with Gasteiger partial charge in [-0.1, -0.05) is 5.16 Å². The first kappa shape index (κ1) is 17.1. The Hall–Kier alpha value is -0.860. The minimum Gasteiger partial charge on any atom is -0.357 e. The third-order valence-corrected chi connectivity index (χ3v) is 1.79. The van der Waals surface area contributed by atoms with Gasteiger partial charge in [0.1, 0.15) is 6.54 Å². The monoisotopic (exact) mass is 367 g/mol. The van der Waals surface area contributed by atoms with Gasteiger partial charge in [0.05, 0.1) is 0 Å². The van der Waals surface area contributed by atoms with E-state index in [0.29, 0.717) is 18.3 Å². The minimum atomic E-state index is -0.0336. The summed E-state index contributed by atoms with van der Waals surface area (Å²) in [5, 5.41) is 10.3. The first-order valence-corrected chi connectivity index (χ1v) is 5.76. The van der Waals surface area contributed by atoms with Crippen molar-refractivity contribution in [3.05, 3.63) is 11.7 Å². The van der Waals surface area contributed by atoms with Crippen LogP contribution in [0.15, 0.2) is 9.52 Å². The molecule has 0 aliphatic carbocycles. The second-order valence-corrected chi connectivity index (χ2v) is 4.80. The molecule has 6 nitrogen and oxygen atoms in total. The van der Waals surface area contributed by atoms with Crippen LogP contribution in [0.5, 0.6) is 0 Å². The van der Waals surface area contributed by atoms with E-state index in [0.717, 1.165) is 12.5 Å². The van der Waals surface area contributed by atoms with Crippen LogP contribution in [0.25, 0.3) is 0 Å². The van der Waals surface area contributed by atoms with E-state index < -0.39 is 0 Å². The summed E-state index contributed by atoms with van der Waals surface area (Å²) >= 11 is 0. The van der Waals surface area contributed by atoms with E-state index in [4.69, 9.17) is 4.52 Å². The molecule has 0 saturated heterocycles. The maximum atomic E-state index is 4.89. The quantitative estimate of drug-likeness (QED) is 0.485. The molecular formula is C11H22IN5O. The summed E-state index contributed by atoms with van der Waals surface area (Å²) in [5.74, 6) is 1.90. The Morgan fingerprint density at radius 3 is 2.50 bits per heavy atom. The van der Waals surface area contributed by atoms with E-state index in [1.165, 1.54) is 0 Å². The molecule has 0 fully saturated rings. The van der Waals surface area contributed by atoms with Crippen LogP contribution in [0.3, 0.4) is 0 Å². The van der Waals surface area contributed by atoms with Crippen molar-refractivity contribution in [3.8, 4) is 0 Å². The van der Waals surface area contributed by atoms with E-state index in [2.05, 4.69) is 46.5 Å². The SMILES string of the molecule is CCNC(=NCc1noc(C)n1)NC(C)(C)C.I. The van der Waals surface area contributed by atoms with Gasteiger partial charge < -0.3 is 15.2 Å². The molecule has 0 aliphatic heterocycles. The number of rotatable bonds is 3. The molecule has 0 spiro atoms. The van der Waals surface area contributed by atoms with Crippen LogP contribution in [0.1, 0.15) is 39.4 Å². The fraction of sp³-hybridized carbons (Fsp3) is 0.727. The first-order valence-electron chi connectivity index (χ1n) is 5.76. The first-order chi connectivity index (χ1) is 7.90. The van der Waals surface area contributed by atoms with Gasteiger partial charge in [-0.05, 0) is 27.7 Å². The van der Waals surface area contributed by atoms with Gasteiger partial charge in [0.25, 0.3) is 0 Å². The van der Waals surface area contributed by atoms with Gasteiger partial charge in [-0.2, -0.15) is 4.98 Å². The molecule has 0 aromatic carbocycles. The van der Waals surface area contributed by atoms with Crippen LogP contribution in [0.4, 0.5) is 0 Å². The van der Waals surface area contributed by atoms with E-state index >= 15 is 0 Å². The molecule has 0 unspecified atom stereocenters. The van der Waals surface area contributed by atoms with Crippen LogP contribution < -0.4 is 10.6 Å². The predicted molar refractivity (Wildman–Crippen MR) is 82.2 cm³/mol. The minimum absolute atomic E-state index is 0. The highest BCUT2D eigenvalue weighted by Crippen LogP contribution is 2.00. The molecule has 0 amide bonds. The maximum absolute atomic E-state index is 4.89. The Bertz CT molecular complexity index is 383. The van der Waals surface area contributed by atoms with Gasteiger partial charge in [-0.3, -0.25) is 0 Å². The summed E-state index contributed by atoms with van der Waals surface area (Å²) in [6.45, 7) is 11.3. The largest absolute Gasteiger partial charge is 0.357 e.